The van der Waals surface area contributed by atoms with Gasteiger partial charge in [-0.15, -0.1) is 24.0 Å². The normalized spacial score (nSPS) is 15.3. The van der Waals surface area contributed by atoms with Crippen LogP contribution in [0.1, 0.15) is 16.9 Å². The lowest BCUT2D eigenvalue weighted by atomic mass is 10.1. The van der Waals surface area contributed by atoms with Gasteiger partial charge in [0.2, 0.25) is 0 Å². The van der Waals surface area contributed by atoms with Gasteiger partial charge in [0.1, 0.15) is 11.6 Å². The molecule has 0 aliphatic carbocycles. The average Bonchev–Trinajstić information content (AvgIpc) is 3.26. The number of furan rings is 1. The molecule has 1 aromatic heterocycles. The fourth-order valence-corrected chi connectivity index (χ4v) is 3.21. The van der Waals surface area contributed by atoms with E-state index in [-0.39, 0.29) is 36.1 Å². The van der Waals surface area contributed by atoms with Crippen LogP contribution in [0.4, 0.5) is 17.6 Å². The molecule has 1 aliphatic rings. The highest BCUT2D eigenvalue weighted by Gasteiger charge is 2.33. The van der Waals surface area contributed by atoms with Crippen molar-refractivity contribution in [1.82, 2.24) is 15.5 Å². The molecule has 2 heterocycles. The molecule has 2 aromatic rings. The van der Waals surface area contributed by atoms with Crippen molar-refractivity contribution in [2.75, 3.05) is 45.9 Å². The zero-order valence-electron chi connectivity index (χ0n) is 17.5. The first-order valence-corrected chi connectivity index (χ1v) is 10.1. The molecule has 32 heavy (non-hydrogen) atoms. The average molecular weight is 570 g/mol. The van der Waals surface area contributed by atoms with Crippen molar-refractivity contribution in [2.24, 2.45) is 4.99 Å². The van der Waals surface area contributed by atoms with Crippen LogP contribution in [0.2, 0.25) is 0 Å². The van der Waals surface area contributed by atoms with E-state index in [0.717, 1.165) is 37.5 Å². The number of hydrogen-bond donors (Lipinski definition) is 2. The molecule has 1 aromatic carbocycles. The zero-order chi connectivity index (χ0) is 22.1. The second kappa shape index (κ2) is 13.0. The third-order valence-corrected chi connectivity index (χ3v) is 4.85. The Bertz CT molecular complexity index is 841. The van der Waals surface area contributed by atoms with Gasteiger partial charge in [-0.1, -0.05) is 6.07 Å². The summed E-state index contributed by atoms with van der Waals surface area (Å²) < 4.78 is 63.7. The third kappa shape index (κ3) is 8.58. The summed E-state index contributed by atoms with van der Waals surface area (Å²) in [7, 11) is 0. The highest BCUT2D eigenvalue weighted by atomic mass is 127. The predicted molar refractivity (Wildman–Crippen MR) is 124 cm³/mol. The standard InChI is InChI=1S/C21H26F4N4O2.HI/c22-17-4-3-16(19(14-17)21(23,24)25)15-28-20(26-6-5-18-2-1-11-31-18)27-7-8-29-9-12-30-13-10-29;/h1-4,11,14H,5-10,12-13,15H2,(H2,26,27,28);1H. The number of rotatable bonds is 8. The van der Waals surface area contributed by atoms with Crippen molar-refractivity contribution in [3.8, 4) is 0 Å². The Kier molecular flexibility index (Phi) is 10.7. The van der Waals surface area contributed by atoms with Crippen LogP contribution in [0.3, 0.4) is 0 Å². The molecule has 2 N–H and O–H groups in total. The van der Waals surface area contributed by atoms with Crippen molar-refractivity contribution in [3.63, 3.8) is 0 Å². The number of aliphatic imine (C=N–C) groups is 1. The smallest absolute Gasteiger partial charge is 0.416 e. The van der Waals surface area contributed by atoms with Gasteiger partial charge in [0, 0.05) is 39.1 Å². The Balaban J connectivity index is 0.00000363. The number of guanidine groups is 1. The van der Waals surface area contributed by atoms with Crippen LogP contribution in [-0.4, -0.2) is 56.8 Å². The summed E-state index contributed by atoms with van der Waals surface area (Å²) in [6.45, 7) is 4.64. The van der Waals surface area contributed by atoms with Crippen LogP contribution in [-0.2, 0) is 23.9 Å². The summed E-state index contributed by atoms with van der Waals surface area (Å²) in [5.41, 5.74) is -1.10. The first-order valence-electron chi connectivity index (χ1n) is 10.1. The maximum absolute atomic E-state index is 13.3. The van der Waals surface area contributed by atoms with Crippen LogP contribution in [0.15, 0.2) is 46.0 Å². The molecule has 3 rings (SSSR count). The van der Waals surface area contributed by atoms with Crippen molar-refractivity contribution in [3.05, 3.63) is 59.3 Å². The summed E-state index contributed by atoms with van der Waals surface area (Å²) in [4.78, 5) is 6.53. The lowest BCUT2D eigenvalue weighted by Gasteiger charge is -2.26. The molecule has 0 atom stereocenters. The van der Waals surface area contributed by atoms with E-state index >= 15 is 0 Å². The minimum absolute atomic E-state index is 0. The second-order valence-corrected chi connectivity index (χ2v) is 7.10. The van der Waals surface area contributed by atoms with E-state index in [1.807, 2.05) is 6.07 Å². The largest absolute Gasteiger partial charge is 0.469 e. The van der Waals surface area contributed by atoms with Gasteiger partial charge in [-0.25, -0.2) is 9.38 Å². The Morgan fingerprint density at radius 1 is 1.09 bits per heavy atom. The number of benzene rings is 1. The Morgan fingerprint density at radius 3 is 2.53 bits per heavy atom. The molecule has 178 valence electrons. The highest BCUT2D eigenvalue weighted by Crippen LogP contribution is 2.32. The van der Waals surface area contributed by atoms with Gasteiger partial charge in [0.25, 0.3) is 0 Å². The monoisotopic (exact) mass is 570 g/mol. The fraction of sp³-hybridized carbons (Fsp3) is 0.476. The minimum Gasteiger partial charge on any atom is -0.469 e. The fourth-order valence-electron chi connectivity index (χ4n) is 3.21. The van der Waals surface area contributed by atoms with Gasteiger partial charge in [-0.2, -0.15) is 13.2 Å². The van der Waals surface area contributed by atoms with E-state index in [9.17, 15) is 17.6 Å². The van der Waals surface area contributed by atoms with Crippen molar-refractivity contribution in [1.29, 1.82) is 0 Å². The molecular weight excluding hydrogens is 543 g/mol. The van der Waals surface area contributed by atoms with E-state index in [0.29, 0.717) is 44.8 Å². The molecular formula is C21H27F4IN4O2. The number of hydrogen-bond acceptors (Lipinski definition) is 4. The van der Waals surface area contributed by atoms with Crippen LogP contribution >= 0.6 is 24.0 Å². The SMILES string of the molecule is Fc1ccc(CN=C(NCCc2ccco2)NCCN2CCOCC2)c(C(F)(F)F)c1.I. The molecule has 1 saturated heterocycles. The third-order valence-electron chi connectivity index (χ3n) is 4.85. The molecule has 0 spiro atoms. The maximum Gasteiger partial charge on any atom is 0.416 e. The number of nitrogens with one attached hydrogen (secondary N) is 2. The molecule has 6 nitrogen and oxygen atoms in total. The van der Waals surface area contributed by atoms with Crippen LogP contribution in [0.25, 0.3) is 0 Å². The van der Waals surface area contributed by atoms with Crippen LogP contribution in [0, 0.1) is 5.82 Å². The Hall–Kier alpha value is -1.86. The Morgan fingerprint density at radius 2 is 1.84 bits per heavy atom. The summed E-state index contributed by atoms with van der Waals surface area (Å²) in [5.74, 6) is 0.246. The molecule has 1 aliphatic heterocycles. The molecule has 11 heteroatoms. The van der Waals surface area contributed by atoms with Gasteiger partial charge in [0.05, 0.1) is 31.6 Å². The molecule has 0 radical (unpaired) electrons. The number of ether oxygens (including phenoxy) is 1. The minimum atomic E-state index is -4.65. The molecule has 0 saturated carbocycles. The number of alkyl halides is 3. The van der Waals surface area contributed by atoms with Crippen LogP contribution in [0.5, 0.6) is 0 Å². The van der Waals surface area contributed by atoms with E-state index in [4.69, 9.17) is 9.15 Å². The topological polar surface area (TPSA) is 62.0 Å². The molecule has 1 fully saturated rings. The van der Waals surface area contributed by atoms with Crippen molar-refractivity contribution in [2.45, 2.75) is 19.1 Å². The highest BCUT2D eigenvalue weighted by molar-refractivity contribution is 14.0. The van der Waals surface area contributed by atoms with Gasteiger partial charge >= 0.3 is 6.18 Å². The maximum atomic E-state index is 13.3. The lowest BCUT2D eigenvalue weighted by Crippen LogP contribution is -2.44. The summed E-state index contributed by atoms with van der Waals surface area (Å²) in [6, 6.07) is 6.27. The van der Waals surface area contributed by atoms with Gasteiger partial charge in [0.15, 0.2) is 5.96 Å². The van der Waals surface area contributed by atoms with Crippen LogP contribution < -0.4 is 10.6 Å². The van der Waals surface area contributed by atoms with Crippen molar-refractivity contribution < 1.29 is 26.7 Å². The summed E-state index contributed by atoms with van der Waals surface area (Å²) >= 11 is 0. The van der Waals surface area contributed by atoms with E-state index in [2.05, 4.69) is 20.5 Å². The number of morpholine rings is 1. The molecule has 0 amide bonds. The second-order valence-electron chi connectivity index (χ2n) is 7.10. The van der Waals surface area contributed by atoms with E-state index in [1.54, 1.807) is 12.3 Å². The van der Waals surface area contributed by atoms with Crippen molar-refractivity contribution >= 4 is 29.9 Å². The van der Waals surface area contributed by atoms with Gasteiger partial charge < -0.3 is 19.8 Å². The summed E-state index contributed by atoms with van der Waals surface area (Å²) in [6.07, 6.45) is -2.47. The summed E-state index contributed by atoms with van der Waals surface area (Å²) in [5, 5.41) is 6.27. The first kappa shape index (κ1) is 26.4. The van der Waals surface area contributed by atoms with E-state index < -0.39 is 17.6 Å². The van der Waals surface area contributed by atoms with E-state index in [1.165, 1.54) is 0 Å². The number of halogens is 5. The Labute approximate surface area is 201 Å². The van der Waals surface area contributed by atoms with Gasteiger partial charge in [-0.05, 0) is 29.8 Å². The van der Waals surface area contributed by atoms with Gasteiger partial charge in [-0.3, -0.25) is 4.90 Å². The zero-order valence-corrected chi connectivity index (χ0v) is 19.8. The predicted octanol–water partition coefficient (Wildman–Crippen LogP) is 3.67. The lowest BCUT2D eigenvalue weighted by molar-refractivity contribution is -0.138. The number of nitrogens with zero attached hydrogens (tertiary/aromatic N) is 2. The quantitative estimate of drug-likeness (QED) is 0.220. The molecule has 0 unspecified atom stereocenters. The first-order chi connectivity index (χ1) is 14.9. The molecule has 0 bridgehead atoms.